The molecule has 1 aromatic carbocycles. The summed E-state index contributed by atoms with van der Waals surface area (Å²) in [5.41, 5.74) is 3.81. The number of rotatable bonds is 5. The van der Waals surface area contributed by atoms with E-state index in [2.05, 4.69) is 31.4 Å². The average Bonchev–Trinajstić information content (AvgIpc) is 3.30. The van der Waals surface area contributed by atoms with Crippen LogP contribution in [0.5, 0.6) is 0 Å². The highest BCUT2D eigenvalue weighted by molar-refractivity contribution is 6.03. The number of piperazine rings is 1. The molecule has 0 aliphatic carbocycles. The number of carbonyl (C=O) groups is 2. The third-order valence-electron chi connectivity index (χ3n) is 6.70. The molecule has 1 aromatic heterocycles. The molecule has 8 heteroatoms. The fraction of sp³-hybridized carbons (Fsp3) is 0.480. The molecular formula is C25H32N6O2. The third kappa shape index (κ3) is 4.53. The van der Waals surface area contributed by atoms with E-state index in [1.165, 1.54) is 0 Å². The number of nitrogens with zero attached hydrogens (tertiary/aromatic N) is 4. The fourth-order valence-electron chi connectivity index (χ4n) is 5.01. The molecule has 0 radical (unpaired) electrons. The van der Waals surface area contributed by atoms with Crippen LogP contribution in [0.2, 0.25) is 0 Å². The predicted molar refractivity (Wildman–Crippen MR) is 130 cm³/mol. The van der Waals surface area contributed by atoms with Crippen LogP contribution in [0.4, 0.5) is 17.2 Å². The van der Waals surface area contributed by atoms with Crippen molar-refractivity contribution >= 4 is 29.0 Å². The average molecular weight is 449 g/mol. The van der Waals surface area contributed by atoms with Crippen molar-refractivity contribution < 1.29 is 9.59 Å². The number of aromatic nitrogens is 1. The van der Waals surface area contributed by atoms with E-state index in [1.54, 1.807) is 0 Å². The van der Waals surface area contributed by atoms with Crippen LogP contribution in [0.15, 0.2) is 36.5 Å². The number of carbonyl (C=O) groups excluding carboxylic acids is 2. The van der Waals surface area contributed by atoms with E-state index in [0.29, 0.717) is 5.56 Å². The van der Waals surface area contributed by atoms with Crippen molar-refractivity contribution in [2.24, 2.45) is 0 Å². The van der Waals surface area contributed by atoms with Crippen molar-refractivity contribution in [1.82, 2.24) is 15.2 Å². The van der Waals surface area contributed by atoms with E-state index in [4.69, 9.17) is 4.98 Å². The van der Waals surface area contributed by atoms with Gasteiger partial charge in [-0.3, -0.25) is 14.5 Å². The highest BCUT2D eigenvalue weighted by Gasteiger charge is 2.37. The summed E-state index contributed by atoms with van der Waals surface area (Å²) in [6, 6.07) is 10.0. The van der Waals surface area contributed by atoms with Crippen LogP contribution >= 0.6 is 0 Å². The van der Waals surface area contributed by atoms with E-state index >= 15 is 0 Å². The molecule has 2 aromatic rings. The molecule has 0 bridgehead atoms. The summed E-state index contributed by atoms with van der Waals surface area (Å²) in [6.07, 6.45) is 3.91. The monoisotopic (exact) mass is 448 g/mol. The molecule has 2 amide bonds. The summed E-state index contributed by atoms with van der Waals surface area (Å²) in [5.74, 6) is 0.980. The first-order chi connectivity index (χ1) is 16.0. The van der Waals surface area contributed by atoms with E-state index < -0.39 is 0 Å². The van der Waals surface area contributed by atoms with Gasteiger partial charge in [0.25, 0.3) is 5.91 Å². The third-order valence-corrected chi connectivity index (χ3v) is 6.70. The van der Waals surface area contributed by atoms with Crippen molar-refractivity contribution in [2.45, 2.75) is 45.3 Å². The van der Waals surface area contributed by atoms with Gasteiger partial charge < -0.3 is 20.4 Å². The highest BCUT2D eigenvalue weighted by Crippen LogP contribution is 2.35. The van der Waals surface area contributed by atoms with Crippen LogP contribution in [0.1, 0.15) is 42.6 Å². The number of anilines is 3. The van der Waals surface area contributed by atoms with E-state index in [1.807, 2.05) is 44.3 Å². The number of amides is 2. The molecule has 3 aliphatic rings. The molecule has 2 N–H and O–H groups in total. The topological polar surface area (TPSA) is 80.8 Å². The Bertz CT molecular complexity index is 1030. The largest absolute Gasteiger partial charge is 0.369 e. The standard InChI is InChI=1S/C25H32N6O2/c1-17(2)27-24(32)19-5-7-20(8-6-19)30-12-10-29(11-13-30)16-18-14-21-23(26-15-18)31-9-3-4-22(31)25(33)28-21/h5-8,14-15,17,22H,3-4,9-13,16H2,1-2H3,(H,27,32)(H,28,33)/t22-/m0/s1. The lowest BCUT2D eigenvalue weighted by molar-refractivity contribution is -0.117. The molecule has 8 nitrogen and oxygen atoms in total. The second-order valence-corrected chi connectivity index (χ2v) is 9.49. The van der Waals surface area contributed by atoms with E-state index in [0.717, 1.165) is 74.9 Å². The quantitative estimate of drug-likeness (QED) is 0.732. The van der Waals surface area contributed by atoms with E-state index in [9.17, 15) is 9.59 Å². The molecule has 1 atom stereocenters. The summed E-state index contributed by atoms with van der Waals surface area (Å²) in [7, 11) is 0. The van der Waals surface area contributed by atoms with Crippen molar-refractivity contribution in [3.8, 4) is 0 Å². The minimum absolute atomic E-state index is 0.0310. The molecule has 174 valence electrons. The van der Waals surface area contributed by atoms with Crippen LogP contribution in [0.3, 0.4) is 0 Å². The zero-order valence-corrected chi connectivity index (χ0v) is 19.4. The number of benzene rings is 1. The summed E-state index contributed by atoms with van der Waals surface area (Å²) < 4.78 is 0. The maximum Gasteiger partial charge on any atom is 0.251 e. The highest BCUT2D eigenvalue weighted by atomic mass is 16.2. The molecule has 0 saturated carbocycles. The second kappa shape index (κ2) is 9.02. The van der Waals surface area contributed by atoms with Crippen molar-refractivity contribution in [3.63, 3.8) is 0 Å². The minimum Gasteiger partial charge on any atom is -0.369 e. The molecule has 2 saturated heterocycles. The maximum atomic E-state index is 12.4. The zero-order chi connectivity index (χ0) is 22.9. The van der Waals surface area contributed by atoms with Gasteiger partial charge in [-0.1, -0.05) is 0 Å². The predicted octanol–water partition coefficient (Wildman–Crippen LogP) is 2.46. The van der Waals surface area contributed by atoms with Crippen LogP contribution in [-0.4, -0.2) is 66.5 Å². The first-order valence-corrected chi connectivity index (χ1v) is 11.9. The van der Waals surface area contributed by atoms with Crippen LogP contribution in [0, 0.1) is 0 Å². The second-order valence-electron chi connectivity index (χ2n) is 9.49. The van der Waals surface area contributed by atoms with Gasteiger partial charge in [0.1, 0.15) is 6.04 Å². The minimum atomic E-state index is -0.0532. The van der Waals surface area contributed by atoms with Gasteiger partial charge in [0.05, 0.1) is 5.69 Å². The van der Waals surface area contributed by atoms with Crippen molar-refractivity contribution in [2.75, 3.05) is 47.8 Å². The normalized spacial score (nSPS) is 20.5. The Hall–Kier alpha value is -3.13. The van der Waals surface area contributed by atoms with Crippen LogP contribution in [-0.2, 0) is 11.3 Å². The van der Waals surface area contributed by atoms with Gasteiger partial charge >= 0.3 is 0 Å². The number of nitrogens with one attached hydrogen (secondary N) is 2. The zero-order valence-electron chi connectivity index (χ0n) is 19.4. The smallest absolute Gasteiger partial charge is 0.251 e. The van der Waals surface area contributed by atoms with Gasteiger partial charge in [-0.15, -0.1) is 0 Å². The summed E-state index contributed by atoms with van der Waals surface area (Å²) in [4.78, 5) is 36.2. The molecule has 2 fully saturated rings. The van der Waals surface area contributed by atoms with Crippen molar-refractivity contribution in [3.05, 3.63) is 47.7 Å². The molecule has 33 heavy (non-hydrogen) atoms. The van der Waals surface area contributed by atoms with Gasteiger partial charge in [0.15, 0.2) is 5.82 Å². The van der Waals surface area contributed by atoms with Gasteiger partial charge in [-0.2, -0.15) is 0 Å². The molecular weight excluding hydrogens is 416 g/mol. The summed E-state index contributed by atoms with van der Waals surface area (Å²) >= 11 is 0. The molecule has 3 aliphatic heterocycles. The van der Waals surface area contributed by atoms with Crippen LogP contribution in [0.25, 0.3) is 0 Å². The number of hydrogen-bond donors (Lipinski definition) is 2. The Morgan fingerprint density at radius 2 is 1.91 bits per heavy atom. The lowest BCUT2D eigenvalue weighted by atomic mass is 10.1. The SMILES string of the molecule is CC(C)NC(=O)c1ccc(N2CCN(Cc3cnc4c(c3)NC(=O)[C@@H]3CCCN43)CC2)cc1. The van der Waals surface area contributed by atoms with Crippen LogP contribution < -0.4 is 20.4 Å². The lowest BCUT2D eigenvalue weighted by Crippen LogP contribution is -2.46. The number of hydrogen-bond acceptors (Lipinski definition) is 6. The molecule has 4 heterocycles. The van der Waals surface area contributed by atoms with Gasteiger partial charge in [0, 0.05) is 62.8 Å². The van der Waals surface area contributed by atoms with Crippen molar-refractivity contribution in [1.29, 1.82) is 0 Å². The molecule has 0 spiro atoms. The summed E-state index contributed by atoms with van der Waals surface area (Å²) in [6.45, 7) is 9.42. The van der Waals surface area contributed by atoms with Gasteiger partial charge in [-0.05, 0) is 62.6 Å². The first kappa shape index (κ1) is 21.7. The molecule has 0 unspecified atom stereocenters. The number of pyridine rings is 1. The van der Waals surface area contributed by atoms with Gasteiger partial charge in [0.2, 0.25) is 5.91 Å². The fourth-order valence-corrected chi connectivity index (χ4v) is 5.01. The summed E-state index contributed by atoms with van der Waals surface area (Å²) in [5, 5.41) is 5.99. The lowest BCUT2D eigenvalue weighted by Gasteiger charge is -2.36. The molecule has 5 rings (SSSR count). The Morgan fingerprint density at radius 1 is 1.15 bits per heavy atom. The Balaban J connectivity index is 1.17. The Kier molecular flexibility index (Phi) is 5.93. The maximum absolute atomic E-state index is 12.4. The van der Waals surface area contributed by atoms with Gasteiger partial charge in [-0.25, -0.2) is 4.98 Å². The van der Waals surface area contributed by atoms with E-state index in [-0.39, 0.29) is 23.9 Å². The first-order valence-electron chi connectivity index (χ1n) is 11.9. The Morgan fingerprint density at radius 3 is 2.64 bits per heavy atom. The number of fused-ring (bicyclic) bond motifs is 3. The Labute approximate surface area is 195 Å².